The van der Waals surface area contributed by atoms with Crippen LogP contribution in [0.4, 0.5) is 5.69 Å². The first kappa shape index (κ1) is 10.2. The third-order valence-corrected chi connectivity index (χ3v) is 2.07. The van der Waals surface area contributed by atoms with E-state index in [9.17, 15) is 0 Å². The maximum Gasteiger partial charge on any atom is 0.130 e. The van der Waals surface area contributed by atoms with Crippen molar-refractivity contribution in [1.82, 2.24) is 0 Å². The van der Waals surface area contributed by atoms with Crippen LogP contribution in [0.15, 0.2) is 64.9 Å². The van der Waals surface area contributed by atoms with Crippen molar-refractivity contribution in [2.45, 2.75) is 0 Å². The second kappa shape index (κ2) is 4.93. The smallest absolute Gasteiger partial charge is 0.130 e. The highest BCUT2D eigenvalue weighted by Crippen LogP contribution is 2.06. The Morgan fingerprint density at radius 1 is 0.938 bits per heavy atom. The number of oxime groups is 1. The van der Waals surface area contributed by atoms with Gasteiger partial charge in [-0.15, -0.1) is 0 Å². The van der Waals surface area contributed by atoms with Gasteiger partial charge in [-0.1, -0.05) is 35.5 Å². The van der Waals surface area contributed by atoms with Gasteiger partial charge >= 0.3 is 0 Å². The molecular weight excluding hydrogens is 202 g/mol. The molecule has 1 aromatic rings. The van der Waals surface area contributed by atoms with Gasteiger partial charge in [0.05, 0.1) is 5.69 Å². The fourth-order valence-electron chi connectivity index (χ4n) is 1.28. The lowest BCUT2D eigenvalue weighted by molar-refractivity contribution is 0.320. The number of hydrazone groups is 1. The summed E-state index contributed by atoms with van der Waals surface area (Å²) in [6.07, 6.45) is 7.08. The number of nitrogens with zero attached hydrogens (tertiary/aromatic N) is 2. The van der Waals surface area contributed by atoms with E-state index in [1.165, 1.54) is 0 Å². The molecule has 16 heavy (non-hydrogen) atoms. The summed E-state index contributed by atoms with van der Waals surface area (Å²) in [4.78, 5) is 0. The Bertz CT molecular complexity index is 472. The summed E-state index contributed by atoms with van der Waals surface area (Å²) in [7, 11) is 0. The van der Waals surface area contributed by atoms with Crippen molar-refractivity contribution in [2.75, 3.05) is 5.43 Å². The molecule has 1 aliphatic carbocycles. The van der Waals surface area contributed by atoms with Crippen LogP contribution < -0.4 is 5.43 Å². The van der Waals surface area contributed by atoms with Crippen LogP contribution in [0.2, 0.25) is 0 Å². The Morgan fingerprint density at radius 2 is 1.62 bits per heavy atom. The molecule has 0 aromatic heterocycles. The van der Waals surface area contributed by atoms with Gasteiger partial charge < -0.3 is 5.21 Å². The van der Waals surface area contributed by atoms with Gasteiger partial charge in [0.2, 0.25) is 0 Å². The molecule has 80 valence electrons. The molecule has 0 saturated carbocycles. The molecule has 1 aliphatic rings. The first-order chi connectivity index (χ1) is 7.90. The number of rotatable bonds is 2. The third kappa shape index (κ3) is 2.36. The molecule has 0 atom stereocenters. The zero-order valence-electron chi connectivity index (χ0n) is 8.54. The highest BCUT2D eigenvalue weighted by molar-refractivity contribution is 6.51. The summed E-state index contributed by atoms with van der Waals surface area (Å²) in [5, 5.41) is 16.0. The van der Waals surface area contributed by atoms with Crippen molar-refractivity contribution in [3.63, 3.8) is 0 Å². The van der Waals surface area contributed by atoms with Crippen LogP contribution in [0.25, 0.3) is 0 Å². The van der Waals surface area contributed by atoms with Gasteiger partial charge in [0.1, 0.15) is 11.4 Å². The largest absolute Gasteiger partial charge is 0.410 e. The van der Waals surface area contributed by atoms with Gasteiger partial charge in [-0.25, -0.2) is 0 Å². The molecule has 0 bridgehead atoms. The van der Waals surface area contributed by atoms with Gasteiger partial charge in [-0.2, -0.15) is 5.10 Å². The number of allylic oxidation sites excluding steroid dienone is 4. The number of hydrogen-bond donors (Lipinski definition) is 2. The first-order valence-corrected chi connectivity index (χ1v) is 4.86. The predicted molar refractivity (Wildman–Crippen MR) is 65.0 cm³/mol. The molecule has 2 rings (SSSR count). The predicted octanol–water partition coefficient (Wildman–Crippen LogP) is 2.41. The van der Waals surface area contributed by atoms with E-state index in [0.717, 1.165) is 5.69 Å². The minimum Gasteiger partial charge on any atom is -0.410 e. The zero-order valence-corrected chi connectivity index (χ0v) is 8.54. The molecule has 0 fully saturated rings. The topological polar surface area (TPSA) is 57.0 Å². The Hall–Kier alpha value is -2.36. The second-order valence-corrected chi connectivity index (χ2v) is 3.18. The summed E-state index contributed by atoms with van der Waals surface area (Å²) in [5.41, 5.74) is 4.80. The maximum atomic E-state index is 8.75. The van der Waals surface area contributed by atoms with Gasteiger partial charge in [-0.3, -0.25) is 5.43 Å². The Morgan fingerprint density at radius 3 is 2.31 bits per heavy atom. The molecule has 0 heterocycles. The fraction of sp³-hybridized carbons (Fsp3) is 0. The van der Waals surface area contributed by atoms with Gasteiger partial charge in [-0.05, 0) is 24.3 Å². The van der Waals surface area contributed by atoms with E-state index in [1.807, 2.05) is 36.4 Å². The van der Waals surface area contributed by atoms with Crippen molar-refractivity contribution in [3.05, 3.63) is 54.6 Å². The van der Waals surface area contributed by atoms with E-state index in [0.29, 0.717) is 11.4 Å². The van der Waals surface area contributed by atoms with Crippen LogP contribution in [0.5, 0.6) is 0 Å². The summed E-state index contributed by atoms with van der Waals surface area (Å²) in [6.45, 7) is 0. The van der Waals surface area contributed by atoms with Crippen LogP contribution in [-0.2, 0) is 0 Å². The number of benzene rings is 1. The Labute approximate surface area is 93.3 Å². The van der Waals surface area contributed by atoms with E-state index in [-0.39, 0.29) is 0 Å². The summed E-state index contributed by atoms with van der Waals surface area (Å²) in [5.74, 6) is 0. The quantitative estimate of drug-likeness (QED) is 0.450. The highest BCUT2D eigenvalue weighted by Gasteiger charge is 2.05. The van der Waals surface area contributed by atoms with Crippen molar-refractivity contribution < 1.29 is 5.21 Å². The Kier molecular flexibility index (Phi) is 3.13. The standard InChI is InChI=1S/C12H11N3O/c16-15-12-9-5-4-8-11(12)14-13-10-6-2-1-3-7-10/h1-9,13,16H/b14-11-,15-12+. The second-order valence-electron chi connectivity index (χ2n) is 3.18. The molecule has 0 aliphatic heterocycles. The lowest BCUT2D eigenvalue weighted by Gasteiger charge is -2.04. The lowest BCUT2D eigenvalue weighted by atomic mass is 10.1. The molecule has 4 nitrogen and oxygen atoms in total. The molecule has 0 unspecified atom stereocenters. The molecular formula is C12H11N3O. The SMILES string of the molecule is O/N=C1\C=CC=C\C1=N\Nc1ccccc1. The van der Waals surface area contributed by atoms with Crippen molar-refractivity contribution in [2.24, 2.45) is 10.3 Å². The number of hydrogen-bond acceptors (Lipinski definition) is 4. The van der Waals surface area contributed by atoms with E-state index in [1.54, 1.807) is 18.2 Å². The molecule has 4 heteroatoms. The highest BCUT2D eigenvalue weighted by atomic mass is 16.4. The van der Waals surface area contributed by atoms with Crippen LogP contribution in [0.3, 0.4) is 0 Å². The van der Waals surface area contributed by atoms with Crippen LogP contribution >= 0.6 is 0 Å². The molecule has 0 amide bonds. The van der Waals surface area contributed by atoms with Crippen LogP contribution in [0.1, 0.15) is 0 Å². The van der Waals surface area contributed by atoms with Gasteiger partial charge in [0.25, 0.3) is 0 Å². The summed E-state index contributed by atoms with van der Waals surface area (Å²) < 4.78 is 0. The van der Waals surface area contributed by atoms with E-state index >= 15 is 0 Å². The van der Waals surface area contributed by atoms with E-state index < -0.39 is 0 Å². The average Bonchev–Trinajstić information content (AvgIpc) is 2.38. The van der Waals surface area contributed by atoms with Crippen molar-refractivity contribution in [1.29, 1.82) is 0 Å². The van der Waals surface area contributed by atoms with Crippen LogP contribution in [0, 0.1) is 0 Å². The number of para-hydroxylation sites is 1. The molecule has 0 spiro atoms. The monoisotopic (exact) mass is 213 g/mol. The van der Waals surface area contributed by atoms with Gasteiger partial charge in [0, 0.05) is 0 Å². The Balaban J connectivity index is 2.13. The fourth-order valence-corrected chi connectivity index (χ4v) is 1.28. The maximum absolute atomic E-state index is 8.75. The lowest BCUT2D eigenvalue weighted by Crippen LogP contribution is -2.13. The van der Waals surface area contributed by atoms with Gasteiger partial charge in [0.15, 0.2) is 0 Å². The number of nitrogens with one attached hydrogen (secondary N) is 1. The molecule has 1 aromatic carbocycles. The first-order valence-electron chi connectivity index (χ1n) is 4.86. The van der Waals surface area contributed by atoms with Crippen LogP contribution in [-0.4, -0.2) is 16.6 Å². The molecule has 0 saturated heterocycles. The minimum atomic E-state index is 0.436. The van der Waals surface area contributed by atoms with Crippen molar-refractivity contribution >= 4 is 17.1 Å². The summed E-state index contributed by atoms with van der Waals surface area (Å²) in [6, 6.07) is 9.58. The third-order valence-electron chi connectivity index (χ3n) is 2.07. The van der Waals surface area contributed by atoms with Crippen molar-refractivity contribution in [3.8, 4) is 0 Å². The van der Waals surface area contributed by atoms with E-state index in [2.05, 4.69) is 15.7 Å². The van der Waals surface area contributed by atoms with E-state index in [4.69, 9.17) is 5.21 Å². The molecule has 2 N–H and O–H groups in total. The zero-order chi connectivity index (χ0) is 11.2. The number of anilines is 1. The normalized spacial score (nSPS) is 19.2. The average molecular weight is 213 g/mol. The summed E-state index contributed by atoms with van der Waals surface area (Å²) >= 11 is 0. The molecule has 0 radical (unpaired) electrons. The minimum absolute atomic E-state index is 0.436.